The summed E-state index contributed by atoms with van der Waals surface area (Å²) in [6, 6.07) is 4.16. The van der Waals surface area contributed by atoms with Crippen LogP contribution in [0.2, 0.25) is 0 Å². The van der Waals surface area contributed by atoms with Crippen LogP contribution in [0.3, 0.4) is 0 Å². The number of ether oxygens (including phenoxy) is 1. The Morgan fingerprint density at radius 1 is 1.50 bits per heavy atom. The van der Waals surface area contributed by atoms with E-state index in [1.54, 1.807) is 13.0 Å². The first-order valence-corrected chi connectivity index (χ1v) is 7.15. The molecule has 0 aliphatic carbocycles. The number of amides is 1. The van der Waals surface area contributed by atoms with Crippen LogP contribution >= 0.6 is 0 Å². The van der Waals surface area contributed by atoms with Crippen molar-refractivity contribution < 1.29 is 13.9 Å². The van der Waals surface area contributed by atoms with Crippen LogP contribution in [-0.2, 0) is 0 Å². The molecule has 116 valence electrons. The summed E-state index contributed by atoms with van der Waals surface area (Å²) in [7, 11) is 0. The molecular formula is C16H18FN3O2. The van der Waals surface area contributed by atoms with Gasteiger partial charge in [0.2, 0.25) is 0 Å². The Bertz CT molecular complexity index is 724. The largest absolute Gasteiger partial charge is 0.487 e. The number of aromatic nitrogens is 2. The zero-order valence-corrected chi connectivity index (χ0v) is 12.7. The molecular weight excluding hydrogens is 285 g/mol. The van der Waals surface area contributed by atoms with E-state index in [1.165, 1.54) is 18.3 Å². The first-order valence-electron chi connectivity index (χ1n) is 7.15. The van der Waals surface area contributed by atoms with Crippen LogP contribution < -0.4 is 10.1 Å². The molecule has 1 aromatic carbocycles. The molecule has 2 aromatic rings. The van der Waals surface area contributed by atoms with Gasteiger partial charge in [-0.2, -0.15) is 5.10 Å². The lowest BCUT2D eigenvalue weighted by atomic mass is 9.89. The van der Waals surface area contributed by atoms with E-state index in [0.29, 0.717) is 23.4 Å². The summed E-state index contributed by atoms with van der Waals surface area (Å²) in [5, 5.41) is 9.60. The third kappa shape index (κ3) is 2.68. The van der Waals surface area contributed by atoms with E-state index < -0.39 is 5.60 Å². The highest BCUT2D eigenvalue weighted by atomic mass is 19.1. The number of nitrogens with one attached hydrogen (secondary N) is 2. The molecule has 2 heterocycles. The summed E-state index contributed by atoms with van der Waals surface area (Å²) in [6.07, 6.45) is 2.11. The van der Waals surface area contributed by atoms with Gasteiger partial charge < -0.3 is 10.1 Å². The van der Waals surface area contributed by atoms with Crippen LogP contribution in [0, 0.1) is 12.7 Å². The number of hydrogen-bond donors (Lipinski definition) is 2. The van der Waals surface area contributed by atoms with Crippen LogP contribution in [0.15, 0.2) is 24.4 Å². The molecule has 1 amide bonds. The minimum absolute atomic E-state index is 0.204. The normalized spacial score (nSPS) is 19.2. The lowest BCUT2D eigenvalue weighted by Crippen LogP contribution is -2.41. The molecule has 0 spiro atoms. The number of rotatable bonds is 2. The van der Waals surface area contributed by atoms with E-state index in [4.69, 9.17) is 4.74 Å². The summed E-state index contributed by atoms with van der Waals surface area (Å²) >= 11 is 0. The topological polar surface area (TPSA) is 67.0 Å². The number of halogens is 1. The Kier molecular flexibility index (Phi) is 3.39. The summed E-state index contributed by atoms with van der Waals surface area (Å²) in [5.74, 6) is -0.0816. The number of nitrogens with zero attached hydrogens (tertiary/aromatic N) is 1. The van der Waals surface area contributed by atoms with Gasteiger partial charge in [-0.3, -0.25) is 9.89 Å². The highest BCUT2D eigenvalue weighted by Crippen LogP contribution is 2.39. The Hall–Kier alpha value is -2.37. The van der Waals surface area contributed by atoms with Crippen molar-refractivity contribution in [2.24, 2.45) is 0 Å². The molecule has 3 rings (SSSR count). The second-order valence-corrected chi connectivity index (χ2v) is 6.18. The summed E-state index contributed by atoms with van der Waals surface area (Å²) in [4.78, 5) is 12.4. The quantitative estimate of drug-likeness (QED) is 0.896. The number of carbonyl (C=O) groups is 1. The SMILES string of the molecule is Cc1[nH]ncc1C(=O)N[C@@H]1CC(C)(C)Oc2cc(F)ccc21. The van der Waals surface area contributed by atoms with Crippen molar-refractivity contribution in [2.45, 2.75) is 38.8 Å². The van der Waals surface area contributed by atoms with Crippen molar-refractivity contribution in [2.75, 3.05) is 0 Å². The van der Waals surface area contributed by atoms with Gasteiger partial charge >= 0.3 is 0 Å². The highest BCUT2D eigenvalue weighted by Gasteiger charge is 2.35. The average molecular weight is 303 g/mol. The van der Waals surface area contributed by atoms with Gasteiger partial charge in [0.25, 0.3) is 5.91 Å². The number of aromatic amines is 1. The second-order valence-electron chi connectivity index (χ2n) is 6.18. The van der Waals surface area contributed by atoms with E-state index >= 15 is 0 Å². The van der Waals surface area contributed by atoms with E-state index in [0.717, 1.165) is 5.56 Å². The molecule has 0 radical (unpaired) electrons. The van der Waals surface area contributed by atoms with Crippen molar-refractivity contribution in [1.82, 2.24) is 15.5 Å². The van der Waals surface area contributed by atoms with E-state index in [1.807, 2.05) is 13.8 Å². The van der Waals surface area contributed by atoms with Crippen LogP contribution in [0.1, 0.15) is 47.9 Å². The van der Waals surface area contributed by atoms with E-state index in [2.05, 4.69) is 15.5 Å². The van der Waals surface area contributed by atoms with E-state index in [9.17, 15) is 9.18 Å². The number of aryl methyl sites for hydroxylation is 1. The van der Waals surface area contributed by atoms with E-state index in [-0.39, 0.29) is 17.8 Å². The zero-order chi connectivity index (χ0) is 15.9. The van der Waals surface area contributed by atoms with Gasteiger partial charge in [0.1, 0.15) is 17.2 Å². The smallest absolute Gasteiger partial charge is 0.255 e. The van der Waals surface area contributed by atoms with Crippen LogP contribution in [0.5, 0.6) is 5.75 Å². The minimum atomic E-state index is -0.482. The highest BCUT2D eigenvalue weighted by molar-refractivity contribution is 5.95. The summed E-state index contributed by atoms with van der Waals surface area (Å²) in [6.45, 7) is 5.63. The first kappa shape index (κ1) is 14.6. The summed E-state index contributed by atoms with van der Waals surface area (Å²) in [5.41, 5.74) is 1.52. The molecule has 0 fully saturated rings. The van der Waals surface area contributed by atoms with Crippen LogP contribution in [0.25, 0.3) is 0 Å². The third-order valence-corrected chi connectivity index (χ3v) is 3.81. The maximum atomic E-state index is 13.4. The molecule has 1 atom stereocenters. The molecule has 6 heteroatoms. The molecule has 1 aliphatic rings. The Morgan fingerprint density at radius 3 is 2.95 bits per heavy atom. The molecule has 5 nitrogen and oxygen atoms in total. The summed E-state index contributed by atoms with van der Waals surface area (Å²) < 4.78 is 19.2. The van der Waals surface area contributed by atoms with Gasteiger partial charge in [-0.15, -0.1) is 0 Å². The van der Waals surface area contributed by atoms with Crippen LogP contribution in [-0.4, -0.2) is 21.7 Å². The Morgan fingerprint density at radius 2 is 2.27 bits per heavy atom. The zero-order valence-electron chi connectivity index (χ0n) is 12.7. The maximum Gasteiger partial charge on any atom is 0.255 e. The lowest BCUT2D eigenvalue weighted by Gasteiger charge is -2.37. The van der Waals surface area contributed by atoms with Gasteiger partial charge in [0, 0.05) is 23.7 Å². The predicted molar refractivity (Wildman–Crippen MR) is 79.3 cm³/mol. The fourth-order valence-corrected chi connectivity index (χ4v) is 2.77. The number of fused-ring (bicyclic) bond motifs is 1. The molecule has 1 aromatic heterocycles. The number of carbonyl (C=O) groups excluding carboxylic acids is 1. The van der Waals surface area contributed by atoms with Crippen molar-refractivity contribution in [3.05, 3.63) is 47.0 Å². The monoisotopic (exact) mass is 303 g/mol. The number of H-pyrrole nitrogens is 1. The van der Waals surface area contributed by atoms with Crippen molar-refractivity contribution in [1.29, 1.82) is 0 Å². The second kappa shape index (κ2) is 5.12. The first-order chi connectivity index (χ1) is 10.4. The van der Waals surface area contributed by atoms with Gasteiger partial charge in [-0.05, 0) is 26.8 Å². The molecule has 0 bridgehead atoms. The van der Waals surface area contributed by atoms with Crippen molar-refractivity contribution in [3.8, 4) is 5.75 Å². The van der Waals surface area contributed by atoms with Gasteiger partial charge in [0.15, 0.2) is 0 Å². The lowest BCUT2D eigenvalue weighted by molar-refractivity contribution is 0.0616. The van der Waals surface area contributed by atoms with Crippen LogP contribution in [0.4, 0.5) is 4.39 Å². The van der Waals surface area contributed by atoms with Gasteiger partial charge in [-0.25, -0.2) is 4.39 Å². The van der Waals surface area contributed by atoms with Crippen molar-refractivity contribution >= 4 is 5.91 Å². The van der Waals surface area contributed by atoms with Crippen molar-refractivity contribution in [3.63, 3.8) is 0 Å². The Balaban J connectivity index is 1.91. The molecule has 1 aliphatic heterocycles. The standard InChI is InChI=1S/C16H18FN3O2/c1-9-12(8-18-20-9)15(21)19-13-7-16(2,3)22-14-6-10(17)4-5-11(13)14/h4-6,8,13H,7H2,1-3H3,(H,18,20)(H,19,21)/t13-/m1/s1. The molecule has 2 N–H and O–H groups in total. The molecule has 0 saturated heterocycles. The van der Waals surface area contributed by atoms with Gasteiger partial charge in [-0.1, -0.05) is 6.07 Å². The maximum absolute atomic E-state index is 13.4. The van der Waals surface area contributed by atoms with Gasteiger partial charge in [0.05, 0.1) is 17.8 Å². The Labute approximate surface area is 127 Å². The third-order valence-electron chi connectivity index (χ3n) is 3.81. The average Bonchev–Trinajstić information content (AvgIpc) is 2.83. The molecule has 22 heavy (non-hydrogen) atoms. The minimum Gasteiger partial charge on any atom is -0.487 e. The molecule has 0 saturated carbocycles. The number of benzene rings is 1. The predicted octanol–water partition coefficient (Wildman–Crippen LogP) is 2.89. The number of hydrogen-bond acceptors (Lipinski definition) is 3. The fourth-order valence-electron chi connectivity index (χ4n) is 2.77. The fraction of sp³-hybridized carbons (Fsp3) is 0.375. The molecule has 0 unspecified atom stereocenters.